The number of hydrogen-bond donors (Lipinski definition) is 3. The van der Waals surface area contributed by atoms with Gasteiger partial charge in [-0.05, 0) is 30.7 Å². The Balaban J connectivity index is 0.000000479. The summed E-state index contributed by atoms with van der Waals surface area (Å²) in [5.41, 5.74) is 1.03. The lowest BCUT2D eigenvalue weighted by molar-refractivity contribution is -0.192. The Hall–Kier alpha value is -3.82. The molecule has 2 aliphatic heterocycles. The highest BCUT2D eigenvalue weighted by molar-refractivity contribution is 6.08. The first-order valence-electron chi connectivity index (χ1n) is 10.8. The van der Waals surface area contributed by atoms with Crippen molar-refractivity contribution in [1.29, 1.82) is 0 Å². The summed E-state index contributed by atoms with van der Waals surface area (Å²) < 4.78 is 62.8. The van der Waals surface area contributed by atoms with Crippen LogP contribution in [0.2, 0.25) is 0 Å². The van der Waals surface area contributed by atoms with E-state index in [4.69, 9.17) is 15.0 Å². The van der Waals surface area contributed by atoms with Crippen molar-refractivity contribution >= 4 is 40.6 Å². The van der Waals surface area contributed by atoms with Gasteiger partial charge in [0.25, 0.3) is 5.92 Å². The van der Waals surface area contributed by atoms with Crippen LogP contribution in [-0.4, -0.2) is 87.0 Å². The normalized spacial score (nSPS) is 20.3. The van der Waals surface area contributed by atoms with Crippen LogP contribution in [0.3, 0.4) is 0 Å². The van der Waals surface area contributed by atoms with Crippen molar-refractivity contribution in [2.75, 3.05) is 31.1 Å². The van der Waals surface area contributed by atoms with Crippen molar-refractivity contribution < 1.29 is 51.3 Å². The number of nitrogens with zero attached hydrogens (tertiary/aromatic N) is 4. The van der Waals surface area contributed by atoms with Crippen LogP contribution in [0.1, 0.15) is 24.3 Å². The largest absolute Gasteiger partial charge is 0.490 e. The number of rotatable bonds is 4. The van der Waals surface area contributed by atoms with E-state index in [1.54, 1.807) is 25.2 Å². The first-order valence-corrected chi connectivity index (χ1v) is 10.8. The number of hydrogen-bond acceptors (Lipinski definition) is 6. The number of aliphatic carboxylic acids is 2. The number of carboxylic acids is 2. The second-order valence-corrected chi connectivity index (χ2v) is 8.49. The number of urea groups is 1. The van der Waals surface area contributed by atoms with E-state index in [9.17, 15) is 36.3 Å². The summed E-state index contributed by atoms with van der Waals surface area (Å²) in [4.78, 5) is 45.9. The highest BCUT2D eigenvalue weighted by Crippen LogP contribution is 2.41. The summed E-state index contributed by atoms with van der Waals surface area (Å²) in [6, 6.07) is 4.35. The molecular weight excluding hydrogens is 513 g/mol. The molecular formula is C21H22F5N5O6. The highest BCUT2D eigenvalue weighted by Gasteiger charge is 2.45. The standard InChI is InChI=1S/C19H21F2N5O4.C2HF3O2/c1-24-14-8-11(13-4-6-25(9-16(28)29)10-19(13,20)21)2-3-12(14)17(23-24)26-7-5-15(27)22-18(26)30;3-2(4,5)1(6)7/h2-3,8,13H,4-7,9-10H2,1H3,(H,28,29)(H,22,27,30);(H,6,7)/t13-;/m0./s1. The van der Waals surface area contributed by atoms with Crippen LogP contribution < -0.4 is 10.2 Å². The predicted octanol–water partition coefficient (Wildman–Crippen LogP) is 2.16. The fourth-order valence-electron chi connectivity index (χ4n) is 4.18. The lowest BCUT2D eigenvalue weighted by Gasteiger charge is -2.37. The third-order valence-corrected chi connectivity index (χ3v) is 5.85. The second kappa shape index (κ2) is 10.3. The summed E-state index contributed by atoms with van der Waals surface area (Å²) in [5.74, 6) is -7.98. The van der Waals surface area contributed by atoms with Gasteiger partial charge in [-0.2, -0.15) is 18.3 Å². The van der Waals surface area contributed by atoms with Gasteiger partial charge in [0.2, 0.25) is 5.91 Å². The van der Waals surface area contributed by atoms with E-state index in [1.807, 2.05) is 0 Å². The molecule has 1 aromatic heterocycles. The number of halogens is 5. The zero-order valence-electron chi connectivity index (χ0n) is 19.3. The van der Waals surface area contributed by atoms with Crippen LogP contribution >= 0.6 is 0 Å². The van der Waals surface area contributed by atoms with E-state index < -0.39 is 49.1 Å². The molecule has 3 heterocycles. The number of piperidine rings is 1. The van der Waals surface area contributed by atoms with Crippen LogP contribution in [-0.2, 0) is 21.4 Å². The maximum absolute atomic E-state index is 14.8. The number of aromatic nitrogens is 2. The molecule has 2 fully saturated rings. The van der Waals surface area contributed by atoms with Crippen LogP contribution in [0.5, 0.6) is 0 Å². The number of fused-ring (bicyclic) bond motifs is 1. The number of alkyl halides is 5. The topological polar surface area (TPSA) is 145 Å². The van der Waals surface area contributed by atoms with Gasteiger partial charge in [-0.15, -0.1) is 0 Å². The summed E-state index contributed by atoms with van der Waals surface area (Å²) in [6.45, 7) is -0.560. The number of benzene rings is 1. The van der Waals surface area contributed by atoms with E-state index in [0.717, 1.165) is 0 Å². The molecule has 0 aliphatic carbocycles. The van der Waals surface area contributed by atoms with Gasteiger partial charge >= 0.3 is 24.1 Å². The van der Waals surface area contributed by atoms with Crippen molar-refractivity contribution in [3.8, 4) is 0 Å². The molecule has 0 spiro atoms. The summed E-state index contributed by atoms with van der Waals surface area (Å²) in [6.07, 6.45) is -4.80. The van der Waals surface area contributed by atoms with Crippen molar-refractivity contribution in [3.63, 3.8) is 0 Å². The van der Waals surface area contributed by atoms with Gasteiger partial charge in [-0.1, -0.05) is 6.07 Å². The van der Waals surface area contributed by atoms with Crippen LogP contribution in [0.4, 0.5) is 32.6 Å². The first kappa shape index (κ1) is 27.8. The molecule has 0 radical (unpaired) electrons. The number of aryl methyl sites for hydroxylation is 1. The first-order chi connectivity index (χ1) is 17.1. The number of carbonyl (C=O) groups is 4. The minimum absolute atomic E-state index is 0.132. The molecule has 202 valence electrons. The van der Waals surface area contributed by atoms with Crippen LogP contribution in [0.15, 0.2) is 18.2 Å². The predicted molar refractivity (Wildman–Crippen MR) is 116 cm³/mol. The number of nitrogens with one attached hydrogen (secondary N) is 1. The van der Waals surface area contributed by atoms with E-state index in [1.165, 1.54) is 14.5 Å². The Kier molecular flexibility index (Phi) is 7.71. The molecule has 16 heteroatoms. The van der Waals surface area contributed by atoms with Crippen molar-refractivity contribution in [2.24, 2.45) is 7.05 Å². The lowest BCUT2D eigenvalue weighted by Crippen LogP contribution is -2.49. The number of carbonyl (C=O) groups excluding carboxylic acids is 2. The van der Waals surface area contributed by atoms with E-state index in [-0.39, 0.29) is 31.8 Å². The Morgan fingerprint density at radius 3 is 2.38 bits per heavy atom. The average Bonchev–Trinajstić information content (AvgIpc) is 3.08. The number of amides is 3. The minimum atomic E-state index is -5.08. The van der Waals surface area contributed by atoms with E-state index in [0.29, 0.717) is 22.3 Å². The zero-order valence-corrected chi connectivity index (χ0v) is 19.3. The Bertz CT molecular complexity index is 1230. The van der Waals surface area contributed by atoms with Gasteiger partial charge in [0.15, 0.2) is 5.82 Å². The van der Waals surface area contributed by atoms with Gasteiger partial charge in [-0.3, -0.25) is 29.4 Å². The van der Waals surface area contributed by atoms with Gasteiger partial charge in [-0.25, -0.2) is 18.4 Å². The maximum atomic E-state index is 14.8. The van der Waals surface area contributed by atoms with Crippen LogP contribution in [0, 0.1) is 0 Å². The fourth-order valence-corrected chi connectivity index (χ4v) is 4.18. The average molecular weight is 535 g/mol. The van der Waals surface area contributed by atoms with E-state index >= 15 is 0 Å². The smallest absolute Gasteiger partial charge is 0.480 e. The quantitative estimate of drug-likeness (QED) is 0.506. The molecule has 0 unspecified atom stereocenters. The van der Waals surface area contributed by atoms with Crippen molar-refractivity contribution in [2.45, 2.75) is 30.9 Å². The number of carboxylic acid groups (broad SMARTS) is 2. The Morgan fingerprint density at radius 1 is 1.19 bits per heavy atom. The number of anilines is 1. The summed E-state index contributed by atoms with van der Waals surface area (Å²) in [5, 5.41) is 23.2. The molecule has 2 aromatic rings. The Morgan fingerprint density at radius 2 is 1.84 bits per heavy atom. The minimum Gasteiger partial charge on any atom is -0.480 e. The monoisotopic (exact) mass is 535 g/mol. The van der Waals surface area contributed by atoms with Crippen molar-refractivity contribution in [3.05, 3.63) is 23.8 Å². The maximum Gasteiger partial charge on any atom is 0.490 e. The molecule has 2 saturated heterocycles. The zero-order chi connectivity index (χ0) is 27.7. The molecule has 0 saturated carbocycles. The number of likely N-dealkylation sites (tertiary alicyclic amines) is 1. The van der Waals surface area contributed by atoms with E-state index in [2.05, 4.69) is 10.4 Å². The van der Waals surface area contributed by atoms with Gasteiger partial charge < -0.3 is 10.2 Å². The third kappa shape index (κ3) is 6.31. The number of imide groups is 1. The third-order valence-electron chi connectivity index (χ3n) is 5.85. The molecule has 1 atom stereocenters. The van der Waals surface area contributed by atoms with Crippen molar-refractivity contribution in [1.82, 2.24) is 20.0 Å². The summed E-state index contributed by atoms with van der Waals surface area (Å²) in [7, 11) is 1.66. The molecule has 3 amide bonds. The molecule has 37 heavy (non-hydrogen) atoms. The summed E-state index contributed by atoms with van der Waals surface area (Å²) >= 11 is 0. The Labute approximate surface area is 205 Å². The van der Waals surface area contributed by atoms with Crippen LogP contribution in [0.25, 0.3) is 10.9 Å². The lowest BCUT2D eigenvalue weighted by atomic mass is 9.86. The molecule has 1 aromatic carbocycles. The molecule has 0 bridgehead atoms. The van der Waals surface area contributed by atoms with Gasteiger partial charge in [0, 0.05) is 25.4 Å². The van der Waals surface area contributed by atoms with Gasteiger partial charge in [0.1, 0.15) is 0 Å². The second-order valence-electron chi connectivity index (χ2n) is 8.49. The fraction of sp³-hybridized carbons (Fsp3) is 0.476. The molecule has 11 nitrogen and oxygen atoms in total. The SMILES string of the molecule is Cn1nc(N2CCC(=O)NC2=O)c2ccc([C@@H]3CCN(CC(=O)O)CC3(F)F)cc21.O=C(O)C(F)(F)F. The molecule has 3 N–H and O–H groups in total. The highest BCUT2D eigenvalue weighted by atomic mass is 19.4. The van der Waals surface area contributed by atoms with Gasteiger partial charge in [0.05, 0.1) is 24.5 Å². The molecule has 2 aliphatic rings. The molecule has 4 rings (SSSR count).